The molecule has 1 aromatic rings. The SMILES string of the molecule is O=C1CCC(N2C(=O)c3ccc(CNC4CNCCC4CO)cc3C2=O)C(=O)N1. The molecule has 4 N–H and O–H groups in total. The van der Waals surface area contributed by atoms with Crippen LogP contribution in [0.5, 0.6) is 0 Å². The highest BCUT2D eigenvalue weighted by molar-refractivity contribution is 6.23. The monoisotopic (exact) mass is 400 g/mol. The summed E-state index contributed by atoms with van der Waals surface area (Å²) < 4.78 is 0. The summed E-state index contributed by atoms with van der Waals surface area (Å²) in [5, 5.41) is 18.4. The van der Waals surface area contributed by atoms with E-state index in [0.29, 0.717) is 6.54 Å². The second-order valence-electron chi connectivity index (χ2n) is 7.75. The van der Waals surface area contributed by atoms with Gasteiger partial charge in [0, 0.05) is 32.2 Å². The van der Waals surface area contributed by atoms with E-state index in [4.69, 9.17) is 0 Å². The van der Waals surface area contributed by atoms with Gasteiger partial charge in [0.1, 0.15) is 6.04 Å². The van der Waals surface area contributed by atoms with Gasteiger partial charge in [0.25, 0.3) is 11.8 Å². The molecule has 0 saturated carbocycles. The lowest BCUT2D eigenvalue weighted by molar-refractivity contribution is -0.136. The third-order valence-corrected chi connectivity index (χ3v) is 5.93. The number of amides is 4. The molecule has 3 aliphatic rings. The number of carbonyl (C=O) groups excluding carboxylic acids is 4. The molecular formula is C20H24N4O5. The Morgan fingerprint density at radius 2 is 1.90 bits per heavy atom. The van der Waals surface area contributed by atoms with Crippen molar-refractivity contribution in [3.63, 3.8) is 0 Å². The van der Waals surface area contributed by atoms with Crippen molar-refractivity contribution in [1.82, 2.24) is 20.9 Å². The predicted octanol–water partition coefficient (Wildman–Crippen LogP) is -0.852. The highest BCUT2D eigenvalue weighted by Gasteiger charge is 2.44. The average molecular weight is 400 g/mol. The van der Waals surface area contributed by atoms with Crippen molar-refractivity contribution in [3.05, 3.63) is 34.9 Å². The Bertz CT molecular complexity index is 870. The van der Waals surface area contributed by atoms with Crippen LogP contribution in [-0.4, -0.2) is 65.4 Å². The summed E-state index contributed by atoms with van der Waals surface area (Å²) in [4.78, 5) is 50.0. The van der Waals surface area contributed by atoms with Gasteiger partial charge in [-0.15, -0.1) is 0 Å². The zero-order chi connectivity index (χ0) is 20.5. The molecule has 9 nitrogen and oxygen atoms in total. The van der Waals surface area contributed by atoms with Crippen LogP contribution < -0.4 is 16.0 Å². The van der Waals surface area contributed by atoms with Crippen molar-refractivity contribution in [3.8, 4) is 0 Å². The number of hydrogen-bond acceptors (Lipinski definition) is 7. The number of nitrogens with zero attached hydrogens (tertiary/aromatic N) is 1. The fourth-order valence-corrected chi connectivity index (χ4v) is 4.25. The molecule has 4 rings (SSSR count). The van der Waals surface area contributed by atoms with E-state index >= 15 is 0 Å². The van der Waals surface area contributed by atoms with Gasteiger partial charge in [-0.25, -0.2) is 0 Å². The maximum atomic E-state index is 12.9. The third kappa shape index (κ3) is 3.68. The average Bonchev–Trinajstić information content (AvgIpc) is 2.97. The summed E-state index contributed by atoms with van der Waals surface area (Å²) in [7, 11) is 0. The highest BCUT2D eigenvalue weighted by Crippen LogP contribution is 2.28. The molecule has 29 heavy (non-hydrogen) atoms. The predicted molar refractivity (Wildman–Crippen MR) is 102 cm³/mol. The molecule has 0 bridgehead atoms. The summed E-state index contributed by atoms with van der Waals surface area (Å²) in [6, 6.07) is 4.24. The normalized spacial score (nSPS) is 27.2. The summed E-state index contributed by atoms with van der Waals surface area (Å²) in [6.45, 7) is 2.26. The van der Waals surface area contributed by atoms with E-state index in [9.17, 15) is 24.3 Å². The van der Waals surface area contributed by atoms with Crippen molar-refractivity contribution < 1.29 is 24.3 Å². The first-order valence-electron chi connectivity index (χ1n) is 9.89. The number of fused-ring (bicyclic) bond motifs is 1. The molecule has 3 atom stereocenters. The molecule has 2 saturated heterocycles. The quantitative estimate of drug-likeness (QED) is 0.474. The molecule has 2 fully saturated rings. The summed E-state index contributed by atoms with van der Waals surface area (Å²) >= 11 is 0. The Labute approximate surface area is 167 Å². The Hall–Kier alpha value is -2.62. The Morgan fingerprint density at radius 1 is 1.10 bits per heavy atom. The lowest BCUT2D eigenvalue weighted by Crippen LogP contribution is -2.54. The first-order chi connectivity index (χ1) is 14.0. The molecule has 3 aliphatic heterocycles. The van der Waals surface area contributed by atoms with E-state index < -0.39 is 29.7 Å². The second kappa shape index (κ2) is 8.02. The van der Waals surface area contributed by atoms with E-state index in [1.54, 1.807) is 18.2 Å². The molecule has 0 spiro atoms. The van der Waals surface area contributed by atoms with Crippen LogP contribution in [0.25, 0.3) is 0 Å². The Balaban J connectivity index is 1.48. The van der Waals surface area contributed by atoms with Crippen LogP contribution in [-0.2, 0) is 16.1 Å². The van der Waals surface area contributed by atoms with Crippen LogP contribution in [0.1, 0.15) is 45.5 Å². The van der Waals surface area contributed by atoms with E-state index in [0.717, 1.165) is 30.0 Å². The number of benzene rings is 1. The van der Waals surface area contributed by atoms with Gasteiger partial charge in [-0.2, -0.15) is 0 Å². The molecule has 154 valence electrons. The smallest absolute Gasteiger partial charge is 0.262 e. The van der Waals surface area contributed by atoms with E-state index in [1.165, 1.54) is 0 Å². The van der Waals surface area contributed by atoms with Crippen LogP contribution in [0.4, 0.5) is 0 Å². The van der Waals surface area contributed by atoms with Crippen molar-refractivity contribution in [2.24, 2.45) is 5.92 Å². The van der Waals surface area contributed by atoms with Gasteiger partial charge in [0.15, 0.2) is 0 Å². The Morgan fingerprint density at radius 3 is 2.66 bits per heavy atom. The topological polar surface area (TPSA) is 128 Å². The number of rotatable bonds is 5. The van der Waals surface area contributed by atoms with Gasteiger partial charge in [-0.1, -0.05) is 6.07 Å². The molecule has 3 unspecified atom stereocenters. The van der Waals surface area contributed by atoms with Gasteiger partial charge in [0.2, 0.25) is 11.8 Å². The minimum absolute atomic E-state index is 0.0976. The third-order valence-electron chi connectivity index (χ3n) is 5.93. The van der Waals surface area contributed by atoms with Crippen molar-refractivity contribution in [1.29, 1.82) is 0 Å². The van der Waals surface area contributed by atoms with Crippen LogP contribution in [0.3, 0.4) is 0 Å². The zero-order valence-electron chi connectivity index (χ0n) is 15.9. The highest BCUT2D eigenvalue weighted by atomic mass is 16.3. The molecule has 4 amide bonds. The number of aliphatic hydroxyl groups is 1. The number of carbonyl (C=O) groups is 4. The largest absolute Gasteiger partial charge is 0.396 e. The molecule has 1 aromatic carbocycles. The Kier molecular flexibility index (Phi) is 5.44. The van der Waals surface area contributed by atoms with Crippen molar-refractivity contribution >= 4 is 23.6 Å². The van der Waals surface area contributed by atoms with Crippen LogP contribution >= 0.6 is 0 Å². The molecule has 3 heterocycles. The minimum Gasteiger partial charge on any atom is -0.396 e. The van der Waals surface area contributed by atoms with Crippen LogP contribution in [0.2, 0.25) is 0 Å². The fourth-order valence-electron chi connectivity index (χ4n) is 4.25. The summed E-state index contributed by atoms with van der Waals surface area (Å²) in [5.41, 5.74) is 1.40. The molecule has 0 aliphatic carbocycles. The first kappa shape index (κ1) is 19.7. The van der Waals surface area contributed by atoms with E-state index in [2.05, 4.69) is 16.0 Å². The summed E-state index contributed by atoms with van der Waals surface area (Å²) in [6.07, 6.45) is 1.13. The minimum atomic E-state index is -0.958. The second-order valence-corrected chi connectivity index (χ2v) is 7.75. The van der Waals surface area contributed by atoms with Crippen molar-refractivity contribution in [2.75, 3.05) is 19.7 Å². The lowest BCUT2D eigenvalue weighted by Gasteiger charge is -2.31. The molecular weight excluding hydrogens is 376 g/mol. The number of piperidine rings is 2. The first-order valence-corrected chi connectivity index (χ1v) is 9.89. The van der Waals surface area contributed by atoms with Crippen molar-refractivity contribution in [2.45, 2.75) is 37.9 Å². The lowest BCUT2D eigenvalue weighted by atomic mass is 9.93. The maximum Gasteiger partial charge on any atom is 0.262 e. The van der Waals surface area contributed by atoms with Crippen LogP contribution in [0, 0.1) is 5.92 Å². The molecule has 0 radical (unpaired) electrons. The number of imide groups is 2. The standard InChI is InChI=1S/C20H24N4O5/c25-10-12-5-6-21-9-15(12)22-8-11-1-2-13-14(7-11)20(29)24(19(13)28)16-3-4-17(26)23-18(16)27/h1-2,7,12,15-16,21-22,25H,3-6,8-10H2,(H,23,26,27). The van der Waals surface area contributed by atoms with E-state index in [1.807, 2.05) is 0 Å². The molecule has 0 aromatic heterocycles. The summed E-state index contributed by atoms with van der Waals surface area (Å²) in [5.74, 6) is -1.84. The van der Waals surface area contributed by atoms with Gasteiger partial charge in [0.05, 0.1) is 11.1 Å². The van der Waals surface area contributed by atoms with Gasteiger partial charge < -0.3 is 15.7 Å². The van der Waals surface area contributed by atoms with Gasteiger partial charge in [-0.05, 0) is 43.0 Å². The van der Waals surface area contributed by atoms with Gasteiger partial charge >= 0.3 is 0 Å². The number of aliphatic hydroxyl groups excluding tert-OH is 1. The zero-order valence-corrected chi connectivity index (χ0v) is 15.9. The maximum absolute atomic E-state index is 12.9. The molecule has 9 heteroatoms. The number of hydrogen-bond donors (Lipinski definition) is 4. The number of nitrogens with one attached hydrogen (secondary N) is 3. The van der Waals surface area contributed by atoms with Crippen LogP contribution in [0.15, 0.2) is 18.2 Å². The fraction of sp³-hybridized carbons (Fsp3) is 0.500. The van der Waals surface area contributed by atoms with E-state index in [-0.39, 0.29) is 42.5 Å². The van der Waals surface area contributed by atoms with Gasteiger partial charge in [-0.3, -0.25) is 29.4 Å².